The van der Waals surface area contributed by atoms with Crippen molar-refractivity contribution in [2.75, 3.05) is 5.32 Å². The summed E-state index contributed by atoms with van der Waals surface area (Å²) in [6.45, 7) is 5.91. The molecule has 4 nitrogen and oxygen atoms in total. The van der Waals surface area contributed by atoms with Crippen LogP contribution in [0.5, 0.6) is 0 Å². The summed E-state index contributed by atoms with van der Waals surface area (Å²) in [7, 11) is 0. The zero-order chi connectivity index (χ0) is 16.4. The number of carbonyl (C=O) groups is 1. The van der Waals surface area contributed by atoms with Crippen LogP contribution >= 0.6 is 0 Å². The standard InChI is InChI=1S/C19H19N3O/c1-13-9-14(2)11-16(10-13)20-19(23)18-12-15(3)21-22(18)17-7-5-4-6-8-17/h4-12H,1-3H3,(H,20,23). The van der Waals surface area contributed by atoms with Crippen molar-refractivity contribution in [3.8, 4) is 5.69 Å². The summed E-state index contributed by atoms with van der Waals surface area (Å²) in [5.74, 6) is -0.167. The van der Waals surface area contributed by atoms with Crippen molar-refractivity contribution in [3.05, 3.63) is 77.1 Å². The Kier molecular flexibility index (Phi) is 3.98. The first-order chi connectivity index (χ1) is 11.0. The quantitative estimate of drug-likeness (QED) is 0.793. The van der Waals surface area contributed by atoms with Gasteiger partial charge in [0.05, 0.1) is 11.4 Å². The van der Waals surface area contributed by atoms with Gasteiger partial charge in [-0.2, -0.15) is 5.10 Å². The lowest BCUT2D eigenvalue weighted by Crippen LogP contribution is -2.17. The fourth-order valence-corrected chi connectivity index (χ4v) is 2.67. The zero-order valence-electron chi connectivity index (χ0n) is 13.5. The Balaban J connectivity index is 1.94. The van der Waals surface area contributed by atoms with Gasteiger partial charge in [-0.25, -0.2) is 4.68 Å². The van der Waals surface area contributed by atoms with Crippen molar-refractivity contribution >= 4 is 11.6 Å². The molecule has 1 heterocycles. The van der Waals surface area contributed by atoms with Gasteiger partial charge >= 0.3 is 0 Å². The van der Waals surface area contributed by atoms with Crippen LogP contribution in [0.2, 0.25) is 0 Å². The summed E-state index contributed by atoms with van der Waals surface area (Å²) in [5, 5.41) is 7.40. The minimum Gasteiger partial charge on any atom is -0.321 e. The molecule has 0 aliphatic rings. The van der Waals surface area contributed by atoms with Crippen molar-refractivity contribution < 1.29 is 4.79 Å². The third kappa shape index (κ3) is 3.31. The van der Waals surface area contributed by atoms with Gasteiger partial charge in [-0.3, -0.25) is 4.79 Å². The molecular formula is C19H19N3O. The van der Waals surface area contributed by atoms with Crippen molar-refractivity contribution in [1.82, 2.24) is 9.78 Å². The van der Waals surface area contributed by atoms with E-state index in [1.54, 1.807) is 10.7 Å². The first-order valence-corrected chi connectivity index (χ1v) is 7.55. The summed E-state index contributed by atoms with van der Waals surface area (Å²) >= 11 is 0. The first-order valence-electron chi connectivity index (χ1n) is 7.55. The van der Waals surface area contributed by atoms with Gasteiger partial charge < -0.3 is 5.32 Å². The Morgan fingerprint density at radius 2 is 1.61 bits per heavy atom. The van der Waals surface area contributed by atoms with Gasteiger partial charge in [-0.15, -0.1) is 0 Å². The molecule has 0 fully saturated rings. The number of para-hydroxylation sites is 1. The number of nitrogens with one attached hydrogen (secondary N) is 1. The van der Waals surface area contributed by atoms with Crippen molar-refractivity contribution in [2.24, 2.45) is 0 Å². The predicted molar refractivity (Wildman–Crippen MR) is 92.2 cm³/mol. The van der Waals surface area contributed by atoms with E-state index in [4.69, 9.17) is 0 Å². The van der Waals surface area contributed by atoms with Crippen LogP contribution in [-0.4, -0.2) is 15.7 Å². The number of hydrogen-bond donors (Lipinski definition) is 1. The minimum absolute atomic E-state index is 0.167. The maximum absolute atomic E-state index is 12.7. The number of carbonyl (C=O) groups excluding carboxylic acids is 1. The largest absolute Gasteiger partial charge is 0.321 e. The average molecular weight is 305 g/mol. The monoisotopic (exact) mass is 305 g/mol. The van der Waals surface area contributed by atoms with E-state index in [1.807, 2.05) is 63.2 Å². The molecule has 1 aromatic heterocycles. The minimum atomic E-state index is -0.167. The van der Waals surface area contributed by atoms with Crippen LogP contribution in [0.15, 0.2) is 54.6 Å². The van der Waals surface area contributed by atoms with Crippen LogP contribution in [0.4, 0.5) is 5.69 Å². The Bertz CT molecular complexity index is 830. The molecule has 4 heteroatoms. The summed E-state index contributed by atoms with van der Waals surface area (Å²) in [6.07, 6.45) is 0. The molecule has 3 rings (SSSR count). The lowest BCUT2D eigenvalue weighted by atomic mass is 10.1. The van der Waals surface area contributed by atoms with E-state index in [0.29, 0.717) is 5.69 Å². The van der Waals surface area contributed by atoms with Crippen LogP contribution in [-0.2, 0) is 0 Å². The number of aromatic nitrogens is 2. The van der Waals surface area contributed by atoms with Crippen molar-refractivity contribution in [2.45, 2.75) is 20.8 Å². The third-order valence-electron chi connectivity index (χ3n) is 3.54. The van der Waals surface area contributed by atoms with Gasteiger partial charge in [0.15, 0.2) is 0 Å². The number of benzene rings is 2. The molecule has 0 saturated heterocycles. The molecule has 116 valence electrons. The Hall–Kier alpha value is -2.88. The van der Waals surface area contributed by atoms with Crippen LogP contribution < -0.4 is 5.32 Å². The molecule has 2 aromatic carbocycles. The molecule has 0 aliphatic carbocycles. The molecule has 0 atom stereocenters. The number of hydrogen-bond acceptors (Lipinski definition) is 2. The van der Waals surface area contributed by atoms with Crippen LogP contribution in [0.3, 0.4) is 0 Å². The maximum Gasteiger partial charge on any atom is 0.274 e. The highest BCUT2D eigenvalue weighted by molar-refractivity contribution is 6.03. The number of rotatable bonds is 3. The van der Waals surface area contributed by atoms with Gasteiger partial charge in [-0.1, -0.05) is 24.3 Å². The highest BCUT2D eigenvalue weighted by Crippen LogP contribution is 2.17. The second kappa shape index (κ2) is 6.08. The zero-order valence-corrected chi connectivity index (χ0v) is 13.5. The van der Waals surface area contributed by atoms with Crippen molar-refractivity contribution in [1.29, 1.82) is 0 Å². The topological polar surface area (TPSA) is 46.9 Å². The molecule has 0 unspecified atom stereocenters. The SMILES string of the molecule is Cc1cc(C)cc(NC(=O)c2cc(C)nn2-c2ccccc2)c1. The molecule has 0 radical (unpaired) electrons. The molecule has 0 bridgehead atoms. The average Bonchev–Trinajstić information content (AvgIpc) is 2.89. The summed E-state index contributed by atoms with van der Waals surface area (Å²) < 4.78 is 1.67. The Morgan fingerprint density at radius 1 is 0.957 bits per heavy atom. The Morgan fingerprint density at radius 3 is 2.26 bits per heavy atom. The second-order valence-electron chi connectivity index (χ2n) is 5.75. The first kappa shape index (κ1) is 15.0. The van der Waals surface area contributed by atoms with E-state index in [0.717, 1.165) is 28.2 Å². The van der Waals surface area contributed by atoms with Gasteiger partial charge in [0, 0.05) is 5.69 Å². The third-order valence-corrected chi connectivity index (χ3v) is 3.54. The second-order valence-corrected chi connectivity index (χ2v) is 5.75. The predicted octanol–water partition coefficient (Wildman–Crippen LogP) is 4.05. The molecule has 23 heavy (non-hydrogen) atoms. The Labute approximate surface area is 135 Å². The summed E-state index contributed by atoms with van der Waals surface area (Å²) in [5.41, 5.74) is 5.23. The number of amides is 1. The molecule has 1 N–H and O–H groups in total. The normalized spacial score (nSPS) is 10.6. The summed E-state index contributed by atoms with van der Waals surface area (Å²) in [6, 6.07) is 17.5. The fraction of sp³-hybridized carbons (Fsp3) is 0.158. The smallest absolute Gasteiger partial charge is 0.274 e. The van der Waals surface area contributed by atoms with Gasteiger partial charge in [0.25, 0.3) is 5.91 Å². The highest BCUT2D eigenvalue weighted by Gasteiger charge is 2.15. The number of aryl methyl sites for hydroxylation is 3. The molecule has 0 spiro atoms. The van der Waals surface area contributed by atoms with Crippen LogP contribution in [0.1, 0.15) is 27.3 Å². The highest BCUT2D eigenvalue weighted by atomic mass is 16.2. The summed E-state index contributed by atoms with van der Waals surface area (Å²) in [4.78, 5) is 12.7. The number of anilines is 1. The molecular weight excluding hydrogens is 286 g/mol. The van der Waals surface area contributed by atoms with Crippen LogP contribution in [0, 0.1) is 20.8 Å². The van der Waals surface area contributed by atoms with E-state index in [1.165, 1.54) is 0 Å². The van der Waals surface area contributed by atoms with Gasteiger partial charge in [0.1, 0.15) is 5.69 Å². The molecule has 1 amide bonds. The lowest BCUT2D eigenvalue weighted by molar-refractivity contribution is 0.101. The maximum atomic E-state index is 12.7. The number of nitrogens with zero attached hydrogens (tertiary/aromatic N) is 2. The molecule has 0 saturated carbocycles. The molecule has 0 aliphatic heterocycles. The van der Waals surface area contributed by atoms with E-state index < -0.39 is 0 Å². The van der Waals surface area contributed by atoms with Crippen LogP contribution in [0.25, 0.3) is 5.69 Å². The lowest BCUT2D eigenvalue weighted by Gasteiger charge is -2.09. The van der Waals surface area contributed by atoms with Gasteiger partial charge in [0.2, 0.25) is 0 Å². The van der Waals surface area contributed by atoms with E-state index in [2.05, 4.69) is 16.5 Å². The van der Waals surface area contributed by atoms with E-state index >= 15 is 0 Å². The fourth-order valence-electron chi connectivity index (χ4n) is 2.67. The van der Waals surface area contributed by atoms with E-state index in [-0.39, 0.29) is 5.91 Å². The molecule has 3 aromatic rings. The van der Waals surface area contributed by atoms with Gasteiger partial charge in [-0.05, 0) is 62.2 Å². The van der Waals surface area contributed by atoms with Crippen molar-refractivity contribution in [3.63, 3.8) is 0 Å². The van der Waals surface area contributed by atoms with E-state index in [9.17, 15) is 4.79 Å².